The minimum Gasteiger partial charge on any atom is -0.357 e. The van der Waals surface area contributed by atoms with E-state index in [1.54, 1.807) is 42.5 Å². The van der Waals surface area contributed by atoms with Crippen molar-refractivity contribution in [2.45, 2.75) is 30.8 Å². The fraction of sp³-hybridized carbons (Fsp3) is 0.188. The molecular formula is C32H32FN3O4S. The number of aryl methyl sites for hydroxylation is 1. The number of carbonyl (C=O) groups excluding carboxylic acids is 2. The average molecular weight is 574 g/mol. The maximum atomic E-state index is 14.8. The molecule has 0 heterocycles. The SMILES string of the molecule is CNC(=O)[C@H](Cc1ccccc1)N(Cc1ccccc1F)C(=O)CN(c1cccc(C)c1)S(=O)(=O)c1ccccc1. The minimum atomic E-state index is -4.18. The third-order valence-corrected chi connectivity index (χ3v) is 8.50. The Hall–Kier alpha value is -4.50. The summed E-state index contributed by atoms with van der Waals surface area (Å²) in [5.41, 5.74) is 2.10. The molecule has 0 bridgehead atoms. The van der Waals surface area contributed by atoms with Crippen molar-refractivity contribution in [3.8, 4) is 0 Å². The summed E-state index contributed by atoms with van der Waals surface area (Å²) in [6.07, 6.45) is 0.149. The molecule has 4 aromatic carbocycles. The van der Waals surface area contributed by atoms with Crippen molar-refractivity contribution < 1.29 is 22.4 Å². The number of benzene rings is 4. The van der Waals surface area contributed by atoms with Crippen molar-refractivity contribution in [1.82, 2.24) is 10.2 Å². The van der Waals surface area contributed by atoms with Gasteiger partial charge in [0, 0.05) is 25.6 Å². The zero-order chi connectivity index (χ0) is 29.4. The summed E-state index contributed by atoms with van der Waals surface area (Å²) in [5, 5.41) is 2.61. The quantitative estimate of drug-likeness (QED) is 0.282. The van der Waals surface area contributed by atoms with Crippen LogP contribution in [0.3, 0.4) is 0 Å². The molecule has 4 rings (SSSR count). The summed E-state index contributed by atoms with van der Waals surface area (Å²) in [6, 6.07) is 28.8. The van der Waals surface area contributed by atoms with Crippen molar-refractivity contribution in [2.24, 2.45) is 0 Å². The van der Waals surface area contributed by atoms with E-state index in [4.69, 9.17) is 0 Å². The van der Waals surface area contributed by atoms with Gasteiger partial charge >= 0.3 is 0 Å². The van der Waals surface area contributed by atoms with Crippen LogP contribution in [-0.4, -0.2) is 44.8 Å². The zero-order valence-electron chi connectivity index (χ0n) is 22.9. The van der Waals surface area contributed by atoms with Crippen LogP contribution >= 0.6 is 0 Å². The molecule has 212 valence electrons. The molecule has 0 aromatic heterocycles. The summed E-state index contributed by atoms with van der Waals surface area (Å²) in [4.78, 5) is 28.7. The molecule has 2 amide bonds. The summed E-state index contributed by atoms with van der Waals surface area (Å²) >= 11 is 0. The van der Waals surface area contributed by atoms with E-state index < -0.39 is 40.2 Å². The van der Waals surface area contributed by atoms with Crippen LogP contribution in [0.2, 0.25) is 0 Å². The van der Waals surface area contributed by atoms with Gasteiger partial charge in [-0.05, 0) is 48.4 Å². The fourth-order valence-corrected chi connectivity index (χ4v) is 5.99. The van der Waals surface area contributed by atoms with E-state index in [1.165, 1.54) is 42.3 Å². The second-order valence-electron chi connectivity index (χ2n) is 9.60. The first-order valence-electron chi connectivity index (χ1n) is 13.1. The molecule has 0 spiro atoms. The van der Waals surface area contributed by atoms with Crippen molar-refractivity contribution in [1.29, 1.82) is 0 Å². The predicted molar refractivity (Wildman–Crippen MR) is 157 cm³/mol. The van der Waals surface area contributed by atoms with E-state index in [0.29, 0.717) is 5.69 Å². The van der Waals surface area contributed by atoms with Crippen molar-refractivity contribution in [3.05, 3.63) is 132 Å². The van der Waals surface area contributed by atoms with E-state index in [1.807, 2.05) is 43.3 Å². The molecule has 4 aromatic rings. The standard InChI is InChI=1S/C32H32FN3O4S/c1-24-12-11-16-27(20-24)36(41(39,40)28-17-7-4-8-18-28)23-31(37)35(22-26-15-9-10-19-29(26)33)30(32(38)34-2)21-25-13-5-3-6-14-25/h3-20,30H,21-23H2,1-2H3,(H,34,38)/t30-/m0/s1. The molecule has 0 saturated heterocycles. The number of amides is 2. The number of halogens is 1. The summed E-state index contributed by atoms with van der Waals surface area (Å²) in [5.74, 6) is -1.64. The molecule has 0 unspecified atom stereocenters. The lowest BCUT2D eigenvalue weighted by atomic mass is 10.0. The lowest BCUT2D eigenvalue weighted by Gasteiger charge is -2.33. The van der Waals surface area contributed by atoms with Gasteiger partial charge in [0.05, 0.1) is 10.6 Å². The predicted octanol–water partition coefficient (Wildman–Crippen LogP) is 4.72. The number of hydrogen-bond donors (Lipinski definition) is 1. The summed E-state index contributed by atoms with van der Waals surface area (Å²) in [7, 11) is -2.72. The number of anilines is 1. The molecular weight excluding hydrogens is 541 g/mol. The van der Waals surface area contributed by atoms with E-state index in [-0.39, 0.29) is 23.4 Å². The lowest BCUT2D eigenvalue weighted by molar-refractivity contribution is -0.139. The van der Waals surface area contributed by atoms with Gasteiger partial charge in [0.15, 0.2) is 0 Å². The van der Waals surface area contributed by atoms with Gasteiger partial charge in [0.2, 0.25) is 11.8 Å². The molecule has 0 aliphatic carbocycles. The molecule has 1 N–H and O–H groups in total. The third kappa shape index (κ3) is 7.18. The first-order chi connectivity index (χ1) is 19.7. The number of nitrogens with zero attached hydrogens (tertiary/aromatic N) is 2. The highest BCUT2D eigenvalue weighted by Gasteiger charge is 2.34. The van der Waals surface area contributed by atoms with E-state index in [0.717, 1.165) is 15.4 Å². The fourth-order valence-electron chi connectivity index (χ4n) is 4.56. The average Bonchev–Trinajstić information content (AvgIpc) is 2.99. The number of sulfonamides is 1. The highest BCUT2D eigenvalue weighted by molar-refractivity contribution is 7.92. The minimum absolute atomic E-state index is 0.0158. The highest BCUT2D eigenvalue weighted by atomic mass is 32.2. The first kappa shape index (κ1) is 29.5. The Bertz CT molecular complexity index is 1600. The zero-order valence-corrected chi connectivity index (χ0v) is 23.7. The van der Waals surface area contributed by atoms with Gasteiger partial charge in [-0.15, -0.1) is 0 Å². The maximum Gasteiger partial charge on any atom is 0.264 e. The molecule has 41 heavy (non-hydrogen) atoms. The largest absolute Gasteiger partial charge is 0.357 e. The molecule has 7 nitrogen and oxygen atoms in total. The van der Waals surface area contributed by atoms with Crippen LogP contribution in [0.25, 0.3) is 0 Å². The maximum absolute atomic E-state index is 14.8. The van der Waals surface area contributed by atoms with Gasteiger partial charge in [-0.25, -0.2) is 12.8 Å². The van der Waals surface area contributed by atoms with E-state index in [9.17, 15) is 22.4 Å². The van der Waals surface area contributed by atoms with Gasteiger partial charge in [0.25, 0.3) is 10.0 Å². The van der Waals surface area contributed by atoms with Crippen LogP contribution in [-0.2, 0) is 32.6 Å². The van der Waals surface area contributed by atoms with Gasteiger partial charge in [0.1, 0.15) is 18.4 Å². The van der Waals surface area contributed by atoms with Crippen LogP contribution in [0.5, 0.6) is 0 Å². The second-order valence-corrected chi connectivity index (χ2v) is 11.5. The molecule has 1 atom stereocenters. The van der Waals surface area contributed by atoms with Crippen molar-refractivity contribution >= 4 is 27.5 Å². The highest BCUT2D eigenvalue weighted by Crippen LogP contribution is 2.26. The monoisotopic (exact) mass is 573 g/mol. The number of rotatable bonds is 11. The van der Waals surface area contributed by atoms with E-state index in [2.05, 4.69) is 5.32 Å². The first-order valence-corrected chi connectivity index (χ1v) is 14.6. The van der Waals surface area contributed by atoms with Gasteiger partial charge < -0.3 is 10.2 Å². The number of likely N-dealkylation sites (N-methyl/N-ethyl adjacent to an activating group) is 1. The molecule has 9 heteroatoms. The van der Waals surface area contributed by atoms with Crippen LogP contribution in [0.4, 0.5) is 10.1 Å². The Morgan fingerprint density at radius 2 is 1.49 bits per heavy atom. The smallest absolute Gasteiger partial charge is 0.264 e. The van der Waals surface area contributed by atoms with Crippen LogP contribution < -0.4 is 9.62 Å². The molecule has 0 fully saturated rings. The van der Waals surface area contributed by atoms with Gasteiger partial charge in [-0.3, -0.25) is 13.9 Å². The topological polar surface area (TPSA) is 86.8 Å². The Morgan fingerprint density at radius 3 is 2.12 bits per heavy atom. The third-order valence-electron chi connectivity index (χ3n) is 6.72. The molecule has 0 saturated carbocycles. The Morgan fingerprint density at radius 1 is 0.854 bits per heavy atom. The Balaban J connectivity index is 1.79. The van der Waals surface area contributed by atoms with Crippen LogP contribution in [0.1, 0.15) is 16.7 Å². The normalized spacial score (nSPS) is 11.9. The Labute approximate surface area is 240 Å². The molecule has 0 aliphatic rings. The number of nitrogens with one attached hydrogen (secondary N) is 1. The molecule has 0 radical (unpaired) electrons. The van der Waals surface area contributed by atoms with Gasteiger partial charge in [-0.1, -0.05) is 78.9 Å². The number of carbonyl (C=O) groups is 2. The second kappa shape index (κ2) is 13.2. The van der Waals surface area contributed by atoms with Crippen molar-refractivity contribution in [3.63, 3.8) is 0 Å². The summed E-state index contributed by atoms with van der Waals surface area (Å²) in [6.45, 7) is 0.992. The van der Waals surface area contributed by atoms with Crippen LogP contribution in [0.15, 0.2) is 114 Å². The lowest BCUT2D eigenvalue weighted by Crippen LogP contribution is -2.53. The molecule has 0 aliphatic heterocycles. The van der Waals surface area contributed by atoms with Crippen molar-refractivity contribution in [2.75, 3.05) is 17.9 Å². The van der Waals surface area contributed by atoms with Crippen LogP contribution in [0, 0.1) is 12.7 Å². The Kier molecular flexibility index (Phi) is 9.52. The van der Waals surface area contributed by atoms with Gasteiger partial charge in [-0.2, -0.15) is 0 Å². The number of hydrogen-bond acceptors (Lipinski definition) is 4. The summed E-state index contributed by atoms with van der Waals surface area (Å²) < 4.78 is 43.6. The van der Waals surface area contributed by atoms with E-state index >= 15 is 0 Å².